The minimum absolute atomic E-state index is 0.0302. The van der Waals surface area contributed by atoms with Crippen molar-refractivity contribution in [2.75, 3.05) is 20.2 Å². The number of rotatable bonds is 5. The van der Waals surface area contributed by atoms with E-state index in [1.807, 2.05) is 62.7 Å². The Morgan fingerprint density at radius 3 is 2.76 bits per heavy atom. The first kappa shape index (κ1) is 20.8. The van der Waals surface area contributed by atoms with Crippen molar-refractivity contribution < 1.29 is 9.53 Å². The van der Waals surface area contributed by atoms with E-state index in [-0.39, 0.29) is 17.6 Å². The van der Waals surface area contributed by atoms with Crippen molar-refractivity contribution in [1.82, 2.24) is 24.0 Å². The molecule has 0 radical (unpaired) electrons. The van der Waals surface area contributed by atoms with Crippen LogP contribution in [0, 0.1) is 0 Å². The third-order valence-corrected chi connectivity index (χ3v) is 6.17. The van der Waals surface area contributed by atoms with Crippen LogP contribution in [0.3, 0.4) is 0 Å². The van der Waals surface area contributed by atoms with Gasteiger partial charge in [-0.2, -0.15) is 0 Å². The normalized spacial score (nSPS) is 14.9. The summed E-state index contributed by atoms with van der Waals surface area (Å²) in [4.78, 5) is 34.1. The number of hydrogen-bond donors (Lipinski definition) is 1. The number of likely N-dealkylation sites (tertiary alicyclic amines) is 1. The average molecular weight is 444 g/mol. The first-order valence-corrected chi connectivity index (χ1v) is 11.0. The number of methoxy groups -OCH3 is 1. The molecule has 2 aromatic heterocycles. The van der Waals surface area contributed by atoms with E-state index < -0.39 is 0 Å². The van der Waals surface area contributed by atoms with E-state index in [1.165, 1.54) is 0 Å². The molecule has 0 unspecified atom stereocenters. The number of hydrogen-bond acceptors (Lipinski definition) is 4. The lowest BCUT2D eigenvalue weighted by molar-refractivity contribution is -0.127. The maximum Gasteiger partial charge on any atom is 0.326 e. The van der Waals surface area contributed by atoms with Gasteiger partial charge in [-0.05, 0) is 48.7 Å². The van der Waals surface area contributed by atoms with Gasteiger partial charge in [0.15, 0.2) is 0 Å². The summed E-state index contributed by atoms with van der Waals surface area (Å²) in [6, 6.07) is 13.6. The zero-order valence-electron chi connectivity index (χ0n) is 18.3. The highest BCUT2D eigenvalue weighted by molar-refractivity contribution is 5.92. The summed E-state index contributed by atoms with van der Waals surface area (Å²) in [6.07, 6.45) is 10.2. The highest BCUT2D eigenvalue weighted by Gasteiger charge is 2.25. The van der Waals surface area contributed by atoms with Crippen LogP contribution < -0.4 is 10.4 Å². The number of amides is 1. The van der Waals surface area contributed by atoms with Crippen molar-refractivity contribution in [3.63, 3.8) is 0 Å². The van der Waals surface area contributed by atoms with Crippen LogP contribution >= 0.6 is 0 Å². The molecule has 1 amide bonds. The van der Waals surface area contributed by atoms with Gasteiger partial charge in [-0.15, -0.1) is 0 Å². The summed E-state index contributed by atoms with van der Waals surface area (Å²) in [7, 11) is 1.62. The summed E-state index contributed by atoms with van der Waals surface area (Å²) in [5.41, 5.74) is 3.44. The van der Waals surface area contributed by atoms with Gasteiger partial charge < -0.3 is 19.2 Å². The molecule has 168 valence electrons. The number of nitrogens with one attached hydrogen (secondary N) is 1. The molecule has 2 aromatic carbocycles. The maximum atomic E-state index is 12.8. The van der Waals surface area contributed by atoms with Crippen molar-refractivity contribution in [3.05, 3.63) is 83.3 Å². The zero-order valence-corrected chi connectivity index (χ0v) is 18.3. The second kappa shape index (κ2) is 8.82. The molecule has 1 saturated heterocycles. The monoisotopic (exact) mass is 443 g/mol. The van der Waals surface area contributed by atoms with Crippen molar-refractivity contribution in [1.29, 1.82) is 0 Å². The molecular formula is C25H25N5O3. The lowest BCUT2D eigenvalue weighted by atomic mass is 10.0. The van der Waals surface area contributed by atoms with Crippen LogP contribution in [0.15, 0.2) is 72.1 Å². The predicted molar refractivity (Wildman–Crippen MR) is 127 cm³/mol. The van der Waals surface area contributed by atoms with E-state index in [4.69, 9.17) is 4.74 Å². The van der Waals surface area contributed by atoms with Gasteiger partial charge in [0.2, 0.25) is 5.91 Å². The van der Waals surface area contributed by atoms with Gasteiger partial charge in [0, 0.05) is 37.6 Å². The largest absolute Gasteiger partial charge is 0.495 e. The van der Waals surface area contributed by atoms with Crippen LogP contribution in [-0.2, 0) is 4.79 Å². The van der Waals surface area contributed by atoms with E-state index in [0.29, 0.717) is 18.8 Å². The number of imidazole rings is 2. The second-order valence-electron chi connectivity index (χ2n) is 8.11. The molecule has 0 saturated carbocycles. The molecule has 3 heterocycles. The summed E-state index contributed by atoms with van der Waals surface area (Å²) in [5, 5.41) is 0. The van der Waals surface area contributed by atoms with E-state index >= 15 is 0 Å². The fourth-order valence-electron chi connectivity index (χ4n) is 4.47. The molecule has 0 atom stereocenters. The Labute approximate surface area is 190 Å². The number of benzene rings is 2. The van der Waals surface area contributed by atoms with Gasteiger partial charge in [-0.3, -0.25) is 9.36 Å². The number of carbonyl (C=O) groups excluding carboxylic acids is 1. The number of carbonyl (C=O) groups is 1. The van der Waals surface area contributed by atoms with Crippen LogP contribution in [0.4, 0.5) is 0 Å². The first-order chi connectivity index (χ1) is 16.1. The van der Waals surface area contributed by atoms with Gasteiger partial charge in [-0.1, -0.05) is 18.2 Å². The quantitative estimate of drug-likeness (QED) is 0.479. The van der Waals surface area contributed by atoms with Crippen LogP contribution in [-0.4, -0.2) is 50.1 Å². The molecule has 1 aliphatic rings. The Balaban J connectivity index is 1.25. The van der Waals surface area contributed by atoms with Gasteiger partial charge >= 0.3 is 5.69 Å². The highest BCUT2D eigenvalue weighted by atomic mass is 16.5. The fourth-order valence-corrected chi connectivity index (χ4v) is 4.47. The highest BCUT2D eigenvalue weighted by Crippen LogP contribution is 2.26. The Kier molecular flexibility index (Phi) is 5.56. The maximum absolute atomic E-state index is 12.8. The molecule has 33 heavy (non-hydrogen) atoms. The fraction of sp³-hybridized carbons (Fsp3) is 0.240. The summed E-state index contributed by atoms with van der Waals surface area (Å²) < 4.78 is 9.22. The van der Waals surface area contributed by atoms with Crippen molar-refractivity contribution in [3.8, 4) is 11.4 Å². The number of aromatic amines is 1. The zero-order chi connectivity index (χ0) is 22.8. The SMILES string of the molecule is COc1cc(/C=C/C(=O)N2CCC(n3c(=O)[nH]c4ccccc43)CC2)ccc1-n1ccnc1. The average Bonchev–Trinajstić information content (AvgIpc) is 3.50. The number of para-hydroxylation sites is 2. The Morgan fingerprint density at radius 1 is 1.18 bits per heavy atom. The molecule has 1 aliphatic heterocycles. The standard InChI is InChI=1S/C25H25N5O3/c1-33-23-16-18(6-8-22(23)29-15-12-26-17-29)7-9-24(31)28-13-10-19(11-14-28)30-21-5-3-2-4-20(21)27-25(30)32/h2-9,12,15-17,19H,10-11,13-14H2,1H3,(H,27,32)/b9-7+. The van der Waals surface area contributed by atoms with Crippen molar-refractivity contribution in [2.24, 2.45) is 0 Å². The van der Waals surface area contributed by atoms with E-state index in [0.717, 1.165) is 35.1 Å². The third kappa shape index (κ3) is 4.07. The Hall–Kier alpha value is -4.07. The third-order valence-electron chi connectivity index (χ3n) is 6.17. The molecule has 4 aromatic rings. The van der Waals surface area contributed by atoms with E-state index in [1.54, 1.807) is 31.8 Å². The van der Waals surface area contributed by atoms with Crippen molar-refractivity contribution >= 4 is 23.0 Å². The molecule has 0 bridgehead atoms. The van der Waals surface area contributed by atoms with Crippen molar-refractivity contribution in [2.45, 2.75) is 18.9 Å². The minimum atomic E-state index is -0.0889. The summed E-state index contributed by atoms with van der Waals surface area (Å²) in [6.45, 7) is 1.23. The van der Waals surface area contributed by atoms with Gasteiger partial charge in [0.05, 0.1) is 30.2 Å². The number of ether oxygens (including phenoxy) is 1. The predicted octanol–water partition coefficient (Wildman–Crippen LogP) is 3.40. The number of nitrogens with zero attached hydrogens (tertiary/aromatic N) is 4. The number of fused-ring (bicyclic) bond motifs is 1. The number of H-pyrrole nitrogens is 1. The number of aromatic nitrogens is 4. The first-order valence-electron chi connectivity index (χ1n) is 11.0. The van der Waals surface area contributed by atoms with E-state index in [9.17, 15) is 9.59 Å². The molecule has 1 fully saturated rings. The molecule has 8 heteroatoms. The van der Waals surface area contributed by atoms with Crippen LogP contribution in [0.1, 0.15) is 24.4 Å². The smallest absolute Gasteiger partial charge is 0.326 e. The lowest BCUT2D eigenvalue weighted by Gasteiger charge is -2.32. The van der Waals surface area contributed by atoms with Crippen LogP contribution in [0.25, 0.3) is 22.8 Å². The Morgan fingerprint density at radius 2 is 2.00 bits per heavy atom. The summed E-state index contributed by atoms with van der Waals surface area (Å²) in [5.74, 6) is 0.671. The van der Waals surface area contributed by atoms with Gasteiger partial charge in [0.25, 0.3) is 0 Å². The topological polar surface area (TPSA) is 85.1 Å². The molecule has 0 aliphatic carbocycles. The van der Waals surface area contributed by atoms with Crippen LogP contribution in [0.2, 0.25) is 0 Å². The molecular weight excluding hydrogens is 418 g/mol. The molecule has 0 spiro atoms. The second-order valence-corrected chi connectivity index (χ2v) is 8.11. The molecule has 5 rings (SSSR count). The van der Waals surface area contributed by atoms with Crippen LogP contribution in [0.5, 0.6) is 5.75 Å². The van der Waals surface area contributed by atoms with Gasteiger partial charge in [0.1, 0.15) is 5.75 Å². The van der Waals surface area contributed by atoms with E-state index in [2.05, 4.69) is 9.97 Å². The minimum Gasteiger partial charge on any atom is -0.495 e. The molecule has 1 N–H and O–H groups in total. The lowest BCUT2D eigenvalue weighted by Crippen LogP contribution is -2.39. The van der Waals surface area contributed by atoms with Gasteiger partial charge in [-0.25, -0.2) is 9.78 Å². The summed E-state index contributed by atoms with van der Waals surface area (Å²) >= 11 is 0. The number of piperidine rings is 1. The Bertz CT molecular complexity index is 1360. The molecule has 8 nitrogen and oxygen atoms in total.